The minimum Gasteiger partial charge on any atom is -0.459 e. The molecule has 8 heteroatoms. The molecule has 0 aromatic heterocycles. The normalized spacial score (nSPS) is 25.8. The Morgan fingerprint density at radius 2 is 1.86 bits per heavy atom. The average Bonchev–Trinajstić information content (AvgIpc) is 2.82. The van der Waals surface area contributed by atoms with Crippen molar-refractivity contribution in [3.8, 4) is 0 Å². The fourth-order valence-corrected chi connectivity index (χ4v) is 4.75. The summed E-state index contributed by atoms with van der Waals surface area (Å²) in [5, 5.41) is 2.84. The molecule has 1 aromatic carbocycles. The summed E-state index contributed by atoms with van der Waals surface area (Å²) in [5.74, 6) is -1.28. The number of carbonyl (C=O) groups is 4. The van der Waals surface area contributed by atoms with Crippen LogP contribution in [0.5, 0.6) is 0 Å². The standard InChI is InChI=1S/C21H27N3O5/c1-13-8-20(2,3)12-21(9-13)18(27)24(19(28)23-21)10-16(25)29-11-14-4-6-15(7-5-14)17(22)26/h4-7,13H,8-12H2,1-3H3,(H2,22,26)(H,23,28). The van der Waals surface area contributed by atoms with E-state index >= 15 is 0 Å². The van der Waals surface area contributed by atoms with Crippen molar-refractivity contribution in [1.82, 2.24) is 10.2 Å². The molecule has 4 amide bonds. The molecule has 2 fully saturated rings. The first-order valence-electron chi connectivity index (χ1n) is 9.70. The molecule has 3 rings (SSSR count). The molecule has 1 spiro atoms. The van der Waals surface area contributed by atoms with E-state index in [1.165, 1.54) is 0 Å². The van der Waals surface area contributed by atoms with Crippen LogP contribution in [0, 0.1) is 11.3 Å². The molecule has 2 aliphatic rings. The lowest BCUT2D eigenvalue weighted by atomic mass is 9.64. The van der Waals surface area contributed by atoms with Crippen LogP contribution < -0.4 is 11.1 Å². The minimum atomic E-state index is -0.941. The zero-order valence-corrected chi connectivity index (χ0v) is 17.0. The van der Waals surface area contributed by atoms with E-state index in [1.54, 1.807) is 24.3 Å². The Labute approximate surface area is 169 Å². The second kappa shape index (κ2) is 7.50. The van der Waals surface area contributed by atoms with Crippen LogP contribution in [-0.4, -0.2) is 40.8 Å². The molecule has 1 aliphatic heterocycles. The van der Waals surface area contributed by atoms with Gasteiger partial charge in [0, 0.05) is 5.56 Å². The van der Waals surface area contributed by atoms with Gasteiger partial charge >= 0.3 is 12.0 Å². The van der Waals surface area contributed by atoms with Crippen LogP contribution in [0.25, 0.3) is 0 Å². The number of benzene rings is 1. The van der Waals surface area contributed by atoms with E-state index in [4.69, 9.17) is 10.5 Å². The van der Waals surface area contributed by atoms with Gasteiger partial charge in [0.15, 0.2) is 0 Å². The molecule has 1 heterocycles. The monoisotopic (exact) mass is 401 g/mol. The number of hydrogen-bond acceptors (Lipinski definition) is 5. The number of carbonyl (C=O) groups excluding carboxylic acids is 4. The average molecular weight is 401 g/mol. The predicted octanol–water partition coefficient (Wildman–Crippen LogP) is 1.97. The molecule has 29 heavy (non-hydrogen) atoms. The van der Waals surface area contributed by atoms with E-state index in [2.05, 4.69) is 26.1 Å². The maximum absolute atomic E-state index is 13.0. The Balaban J connectivity index is 1.61. The summed E-state index contributed by atoms with van der Waals surface area (Å²) in [6.07, 6.45) is 2.10. The number of ether oxygens (including phenoxy) is 1. The zero-order chi connectivity index (χ0) is 21.4. The molecule has 3 N–H and O–H groups in total. The highest BCUT2D eigenvalue weighted by molar-refractivity contribution is 6.08. The lowest BCUT2D eigenvalue weighted by Gasteiger charge is -2.43. The van der Waals surface area contributed by atoms with Crippen LogP contribution in [-0.2, 0) is 20.9 Å². The second-order valence-electron chi connectivity index (χ2n) is 8.98. The van der Waals surface area contributed by atoms with Gasteiger partial charge in [-0.2, -0.15) is 0 Å². The van der Waals surface area contributed by atoms with Gasteiger partial charge < -0.3 is 15.8 Å². The molecule has 1 saturated carbocycles. The number of nitrogens with two attached hydrogens (primary N) is 1. The molecular formula is C21H27N3O5. The molecule has 0 bridgehead atoms. The maximum Gasteiger partial charge on any atom is 0.326 e. The van der Waals surface area contributed by atoms with Crippen molar-refractivity contribution >= 4 is 23.8 Å². The van der Waals surface area contributed by atoms with Gasteiger partial charge in [-0.1, -0.05) is 32.9 Å². The van der Waals surface area contributed by atoms with Crippen molar-refractivity contribution in [3.63, 3.8) is 0 Å². The third-order valence-corrected chi connectivity index (χ3v) is 5.55. The summed E-state index contributed by atoms with van der Waals surface area (Å²) in [5.41, 5.74) is 5.19. The number of nitrogens with zero attached hydrogens (tertiary/aromatic N) is 1. The Morgan fingerprint density at radius 1 is 1.21 bits per heavy atom. The fraction of sp³-hybridized carbons (Fsp3) is 0.524. The molecule has 8 nitrogen and oxygen atoms in total. The van der Waals surface area contributed by atoms with Crippen molar-refractivity contribution in [2.45, 2.75) is 52.2 Å². The molecule has 1 saturated heterocycles. The highest BCUT2D eigenvalue weighted by Crippen LogP contribution is 2.46. The summed E-state index contributed by atoms with van der Waals surface area (Å²) in [6, 6.07) is 5.78. The van der Waals surface area contributed by atoms with Crippen molar-refractivity contribution in [3.05, 3.63) is 35.4 Å². The van der Waals surface area contributed by atoms with E-state index in [9.17, 15) is 19.2 Å². The van der Waals surface area contributed by atoms with Gasteiger partial charge in [-0.3, -0.25) is 19.3 Å². The Kier molecular flexibility index (Phi) is 5.38. The Bertz CT molecular complexity index is 848. The van der Waals surface area contributed by atoms with Crippen LogP contribution in [0.4, 0.5) is 4.79 Å². The molecular weight excluding hydrogens is 374 g/mol. The molecule has 0 radical (unpaired) electrons. The SMILES string of the molecule is CC1CC(C)(C)CC2(C1)NC(=O)N(CC(=O)OCc1ccc(C(N)=O)cc1)C2=O. The third-order valence-electron chi connectivity index (χ3n) is 5.55. The highest BCUT2D eigenvalue weighted by Gasteiger charge is 2.56. The summed E-state index contributed by atoms with van der Waals surface area (Å²) in [4.78, 5) is 49.7. The van der Waals surface area contributed by atoms with Gasteiger partial charge in [0.05, 0.1) is 0 Å². The van der Waals surface area contributed by atoms with Crippen LogP contribution in [0.15, 0.2) is 24.3 Å². The third kappa shape index (κ3) is 4.41. The smallest absolute Gasteiger partial charge is 0.326 e. The largest absolute Gasteiger partial charge is 0.459 e. The number of primary amides is 1. The Hall–Kier alpha value is -2.90. The Morgan fingerprint density at radius 3 is 2.45 bits per heavy atom. The van der Waals surface area contributed by atoms with Gasteiger partial charge in [-0.05, 0) is 48.3 Å². The number of imide groups is 1. The molecule has 2 unspecified atom stereocenters. The van der Waals surface area contributed by atoms with Gasteiger partial charge in [0.2, 0.25) is 5.91 Å². The fourth-order valence-electron chi connectivity index (χ4n) is 4.75. The van der Waals surface area contributed by atoms with Gasteiger partial charge in [-0.25, -0.2) is 4.79 Å². The van der Waals surface area contributed by atoms with E-state index in [0.29, 0.717) is 29.9 Å². The number of esters is 1. The van der Waals surface area contributed by atoms with E-state index < -0.39 is 30.0 Å². The van der Waals surface area contributed by atoms with E-state index in [1.807, 2.05) is 0 Å². The highest BCUT2D eigenvalue weighted by atomic mass is 16.5. The van der Waals surface area contributed by atoms with Gasteiger partial charge in [0.25, 0.3) is 5.91 Å². The number of nitrogens with one attached hydrogen (secondary N) is 1. The van der Waals surface area contributed by atoms with Gasteiger partial charge in [0.1, 0.15) is 18.7 Å². The van der Waals surface area contributed by atoms with Crippen molar-refractivity contribution in [2.75, 3.05) is 6.54 Å². The summed E-state index contributed by atoms with van der Waals surface area (Å²) in [7, 11) is 0. The van der Waals surface area contributed by atoms with E-state index in [-0.39, 0.29) is 17.9 Å². The van der Waals surface area contributed by atoms with Crippen LogP contribution in [0.2, 0.25) is 0 Å². The van der Waals surface area contributed by atoms with E-state index in [0.717, 1.165) is 11.3 Å². The number of amides is 4. The molecule has 1 aliphatic carbocycles. The zero-order valence-electron chi connectivity index (χ0n) is 17.0. The predicted molar refractivity (Wildman–Crippen MR) is 105 cm³/mol. The first-order valence-corrected chi connectivity index (χ1v) is 9.70. The minimum absolute atomic E-state index is 0.0310. The second-order valence-corrected chi connectivity index (χ2v) is 8.98. The van der Waals surface area contributed by atoms with Crippen LogP contribution in [0.1, 0.15) is 56.0 Å². The van der Waals surface area contributed by atoms with Crippen LogP contribution in [0.3, 0.4) is 0 Å². The number of rotatable bonds is 5. The molecule has 1 aromatic rings. The van der Waals surface area contributed by atoms with Gasteiger partial charge in [-0.15, -0.1) is 0 Å². The first kappa shape index (κ1) is 20.8. The topological polar surface area (TPSA) is 119 Å². The summed E-state index contributed by atoms with van der Waals surface area (Å²) in [6.45, 7) is 5.79. The molecule has 156 valence electrons. The van der Waals surface area contributed by atoms with Crippen molar-refractivity contribution in [1.29, 1.82) is 0 Å². The number of hydrogen-bond donors (Lipinski definition) is 2. The maximum atomic E-state index is 13.0. The van der Waals surface area contributed by atoms with Crippen molar-refractivity contribution < 1.29 is 23.9 Å². The summed E-state index contributed by atoms with van der Waals surface area (Å²) >= 11 is 0. The quantitative estimate of drug-likeness (QED) is 0.577. The lowest BCUT2D eigenvalue weighted by molar-refractivity contribution is -0.149. The first-order chi connectivity index (χ1) is 13.5. The molecule has 2 atom stereocenters. The summed E-state index contributed by atoms with van der Waals surface area (Å²) < 4.78 is 5.20. The number of urea groups is 1. The van der Waals surface area contributed by atoms with Crippen LogP contribution >= 0.6 is 0 Å². The lowest BCUT2D eigenvalue weighted by Crippen LogP contribution is -2.54. The van der Waals surface area contributed by atoms with Crippen molar-refractivity contribution in [2.24, 2.45) is 17.1 Å².